The van der Waals surface area contributed by atoms with E-state index in [-0.39, 0.29) is 0 Å². The number of hydrogen-bond acceptors (Lipinski definition) is 3. The van der Waals surface area contributed by atoms with Crippen LogP contribution in [0.25, 0.3) is 0 Å². The van der Waals surface area contributed by atoms with Crippen molar-refractivity contribution in [3.8, 4) is 0 Å². The second-order valence-corrected chi connectivity index (χ2v) is 3.66. The van der Waals surface area contributed by atoms with Crippen LogP contribution in [0.4, 0.5) is 0 Å². The van der Waals surface area contributed by atoms with Gasteiger partial charge in [-0.2, -0.15) is 0 Å². The van der Waals surface area contributed by atoms with Gasteiger partial charge >= 0.3 is 0 Å². The van der Waals surface area contributed by atoms with E-state index in [2.05, 4.69) is 18.7 Å². The summed E-state index contributed by atoms with van der Waals surface area (Å²) in [4.78, 5) is 2.44. The van der Waals surface area contributed by atoms with Crippen molar-refractivity contribution >= 4 is 0 Å². The van der Waals surface area contributed by atoms with Crippen LogP contribution in [0.2, 0.25) is 0 Å². The van der Waals surface area contributed by atoms with Crippen molar-refractivity contribution in [2.75, 3.05) is 26.2 Å². The van der Waals surface area contributed by atoms with E-state index in [0.717, 1.165) is 32.6 Å². The van der Waals surface area contributed by atoms with Crippen LogP contribution in [-0.4, -0.2) is 43.3 Å². The van der Waals surface area contributed by atoms with Crippen LogP contribution >= 0.6 is 0 Å². The van der Waals surface area contributed by atoms with Gasteiger partial charge in [0.05, 0.1) is 12.2 Å². The molecule has 0 aromatic rings. The molecule has 1 heterocycles. The molecule has 2 atom stereocenters. The lowest BCUT2D eigenvalue weighted by atomic mass is 10.2. The molecule has 1 rings (SSSR count). The summed E-state index contributed by atoms with van der Waals surface area (Å²) in [7, 11) is 0. The van der Waals surface area contributed by atoms with Crippen LogP contribution in [0.5, 0.6) is 0 Å². The molecule has 0 aromatic heterocycles. The first-order valence-corrected chi connectivity index (χ1v) is 4.80. The number of rotatable bonds is 3. The summed E-state index contributed by atoms with van der Waals surface area (Å²) in [5.74, 6) is 0. The molecular formula is C9H20N2O. The molecule has 2 unspecified atom stereocenters. The lowest BCUT2D eigenvalue weighted by Gasteiger charge is -2.35. The molecule has 2 N–H and O–H groups in total. The van der Waals surface area contributed by atoms with Gasteiger partial charge in [-0.3, -0.25) is 4.90 Å². The van der Waals surface area contributed by atoms with Crippen molar-refractivity contribution in [3.05, 3.63) is 0 Å². The summed E-state index contributed by atoms with van der Waals surface area (Å²) in [5.41, 5.74) is 5.46. The van der Waals surface area contributed by atoms with Crippen LogP contribution in [0.3, 0.4) is 0 Å². The maximum absolute atomic E-state index is 5.62. The molecular weight excluding hydrogens is 152 g/mol. The largest absolute Gasteiger partial charge is 0.373 e. The van der Waals surface area contributed by atoms with Gasteiger partial charge in [-0.15, -0.1) is 0 Å². The lowest BCUT2D eigenvalue weighted by Crippen LogP contribution is -2.45. The fraction of sp³-hybridized carbons (Fsp3) is 1.00. The Hall–Kier alpha value is -0.120. The summed E-state index contributed by atoms with van der Waals surface area (Å²) < 4.78 is 5.62. The van der Waals surface area contributed by atoms with Crippen LogP contribution in [0.15, 0.2) is 0 Å². The van der Waals surface area contributed by atoms with Crippen molar-refractivity contribution in [2.24, 2.45) is 5.73 Å². The maximum Gasteiger partial charge on any atom is 0.0678 e. The number of nitrogens with two attached hydrogens (primary N) is 1. The van der Waals surface area contributed by atoms with Gasteiger partial charge in [-0.25, -0.2) is 0 Å². The van der Waals surface area contributed by atoms with E-state index in [1.165, 1.54) is 0 Å². The topological polar surface area (TPSA) is 38.5 Å². The molecule has 72 valence electrons. The highest BCUT2D eigenvalue weighted by Crippen LogP contribution is 2.10. The van der Waals surface area contributed by atoms with Gasteiger partial charge < -0.3 is 10.5 Å². The van der Waals surface area contributed by atoms with Gasteiger partial charge in [-0.1, -0.05) is 0 Å². The second kappa shape index (κ2) is 4.80. The second-order valence-electron chi connectivity index (χ2n) is 3.66. The third kappa shape index (κ3) is 3.09. The predicted octanol–water partition coefficient (Wildman–Crippen LogP) is 0.444. The fourth-order valence-electron chi connectivity index (χ4n) is 1.78. The van der Waals surface area contributed by atoms with Gasteiger partial charge in [0.1, 0.15) is 0 Å². The van der Waals surface area contributed by atoms with Crippen LogP contribution in [-0.2, 0) is 4.74 Å². The fourth-order valence-corrected chi connectivity index (χ4v) is 1.78. The van der Waals surface area contributed by atoms with Gasteiger partial charge in [-0.05, 0) is 33.4 Å². The third-order valence-corrected chi connectivity index (χ3v) is 2.17. The average molecular weight is 172 g/mol. The summed E-state index contributed by atoms with van der Waals surface area (Å²) >= 11 is 0. The number of ether oxygens (including phenoxy) is 1. The Balaban J connectivity index is 2.24. The molecule has 0 radical (unpaired) electrons. The van der Waals surface area contributed by atoms with Crippen molar-refractivity contribution in [1.29, 1.82) is 0 Å². The molecule has 0 aliphatic carbocycles. The zero-order valence-electron chi connectivity index (χ0n) is 8.12. The zero-order valence-corrected chi connectivity index (χ0v) is 8.12. The number of hydrogen-bond donors (Lipinski definition) is 1. The Bertz CT molecular complexity index is 120. The third-order valence-electron chi connectivity index (χ3n) is 2.17. The van der Waals surface area contributed by atoms with Crippen molar-refractivity contribution in [2.45, 2.75) is 32.5 Å². The van der Waals surface area contributed by atoms with E-state index < -0.39 is 0 Å². The quantitative estimate of drug-likeness (QED) is 0.671. The van der Waals surface area contributed by atoms with Gasteiger partial charge in [0.2, 0.25) is 0 Å². The Morgan fingerprint density at radius 2 is 1.92 bits per heavy atom. The summed E-state index contributed by atoms with van der Waals surface area (Å²) in [5, 5.41) is 0. The first kappa shape index (κ1) is 9.96. The maximum atomic E-state index is 5.62. The normalized spacial score (nSPS) is 32.2. The Kier molecular flexibility index (Phi) is 3.98. The monoisotopic (exact) mass is 172 g/mol. The molecule has 3 nitrogen and oxygen atoms in total. The van der Waals surface area contributed by atoms with Crippen LogP contribution in [0.1, 0.15) is 20.3 Å². The molecule has 1 aliphatic rings. The van der Waals surface area contributed by atoms with E-state index in [9.17, 15) is 0 Å². The first-order valence-electron chi connectivity index (χ1n) is 4.80. The Morgan fingerprint density at radius 1 is 1.33 bits per heavy atom. The predicted molar refractivity (Wildman–Crippen MR) is 50.1 cm³/mol. The van der Waals surface area contributed by atoms with E-state index in [1.54, 1.807) is 0 Å². The highest BCUT2D eigenvalue weighted by Gasteiger charge is 2.20. The van der Waals surface area contributed by atoms with Gasteiger partial charge in [0.25, 0.3) is 0 Å². The highest BCUT2D eigenvalue weighted by atomic mass is 16.5. The van der Waals surface area contributed by atoms with Crippen LogP contribution < -0.4 is 5.73 Å². The molecule has 0 spiro atoms. The smallest absolute Gasteiger partial charge is 0.0678 e. The molecule has 1 saturated heterocycles. The Labute approximate surface area is 74.9 Å². The van der Waals surface area contributed by atoms with Gasteiger partial charge in [0, 0.05) is 13.1 Å². The standard InChI is InChI=1S/C9H20N2O/c1-8-6-11(5-3-4-10)7-9(2)12-8/h8-9H,3-7,10H2,1-2H3. The number of nitrogens with zero attached hydrogens (tertiary/aromatic N) is 1. The minimum Gasteiger partial charge on any atom is -0.373 e. The molecule has 0 saturated carbocycles. The van der Waals surface area contributed by atoms with E-state index in [4.69, 9.17) is 10.5 Å². The summed E-state index contributed by atoms with van der Waals surface area (Å²) in [6.45, 7) is 8.29. The summed E-state index contributed by atoms with van der Waals surface area (Å²) in [6, 6.07) is 0. The van der Waals surface area contributed by atoms with E-state index >= 15 is 0 Å². The number of morpholine rings is 1. The summed E-state index contributed by atoms with van der Waals surface area (Å²) in [6.07, 6.45) is 1.86. The van der Waals surface area contributed by atoms with E-state index in [1.807, 2.05) is 0 Å². The van der Waals surface area contributed by atoms with Crippen molar-refractivity contribution in [3.63, 3.8) is 0 Å². The molecule has 3 heteroatoms. The van der Waals surface area contributed by atoms with E-state index in [0.29, 0.717) is 12.2 Å². The van der Waals surface area contributed by atoms with Gasteiger partial charge in [0.15, 0.2) is 0 Å². The molecule has 1 fully saturated rings. The molecule has 0 bridgehead atoms. The zero-order chi connectivity index (χ0) is 8.97. The first-order chi connectivity index (χ1) is 5.72. The average Bonchev–Trinajstić information content (AvgIpc) is 1.99. The Morgan fingerprint density at radius 3 is 2.42 bits per heavy atom. The lowest BCUT2D eigenvalue weighted by molar-refractivity contribution is -0.0679. The minimum atomic E-state index is 0.381. The van der Waals surface area contributed by atoms with Crippen molar-refractivity contribution in [1.82, 2.24) is 4.90 Å². The molecule has 1 aliphatic heterocycles. The molecule has 12 heavy (non-hydrogen) atoms. The minimum absolute atomic E-state index is 0.381. The highest BCUT2D eigenvalue weighted by molar-refractivity contribution is 4.72. The van der Waals surface area contributed by atoms with Crippen LogP contribution in [0, 0.1) is 0 Å². The molecule has 0 amide bonds. The SMILES string of the molecule is CC1CN(CCCN)CC(C)O1. The molecule has 0 aromatic carbocycles. The van der Waals surface area contributed by atoms with Crippen molar-refractivity contribution < 1.29 is 4.74 Å².